The normalized spacial score (nSPS) is 37.0. The average molecular weight is 340 g/mol. The van der Waals surface area contributed by atoms with Crippen molar-refractivity contribution < 1.29 is 22.2 Å². The van der Waals surface area contributed by atoms with E-state index in [4.69, 9.17) is 0 Å². The number of hydrogen-bond donors (Lipinski definition) is 1. The Morgan fingerprint density at radius 2 is 1.95 bits per heavy atom. The van der Waals surface area contributed by atoms with E-state index < -0.39 is 28.9 Å². The quantitative estimate of drug-likeness (QED) is 0.798. The smallest absolute Gasteiger partial charge is 0.335 e. The molecule has 4 nitrogen and oxygen atoms in total. The number of hydrogen-bond acceptors (Lipinski definition) is 2. The van der Waals surface area contributed by atoms with Crippen LogP contribution in [0.25, 0.3) is 0 Å². The molecule has 0 radical (unpaired) electrons. The van der Waals surface area contributed by atoms with Gasteiger partial charge in [0, 0.05) is 35.2 Å². The summed E-state index contributed by atoms with van der Waals surface area (Å²) < 4.78 is 50.2. The van der Waals surface area contributed by atoms with E-state index in [0.29, 0.717) is 25.1 Å². The molecule has 2 rings (SSSR count). The summed E-state index contributed by atoms with van der Waals surface area (Å²) in [6, 6.07) is -0.928. The zero-order chi connectivity index (χ0) is 16.5. The molecule has 0 aromatic heterocycles. The molecule has 0 aromatic carbocycles. The second-order valence-electron chi connectivity index (χ2n) is 6.28. The van der Waals surface area contributed by atoms with Gasteiger partial charge in [0.05, 0.1) is 11.2 Å². The van der Waals surface area contributed by atoms with Gasteiger partial charge in [-0.05, 0) is 33.1 Å². The van der Waals surface area contributed by atoms with Gasteiger partial charge < -0.3 is 10.2 Å². The number of nitrogens with one attached hydrogen (secondary N) is 1. The van der Waals surface area contributed by atoms with Crippen molar-refractivity contribution in [1.29, 1.82) is 0 Å². The molecular weight excluding hydrogens is 317 g/mol. The van der Waals surface area contributed by atoms with Gasteiger partial charge in [-0.25, -0.2) is 4.79 Å². The molecule has 1 saturated carbocycles. The number of urea groups is 1. The highest BCUT2D eigenvalue weighted by Crippen LogP contribution is 2.37. The van der Waals surface area contributed by atoms with E-state index in [9.17, 15) is 22.2 Å². The number of halogens is 3. The van der Waals surface area contributed by atoms with Crippen molar-refractivity contribution in [3.63, 3.8) is 0 Å². The fourth-order valence-corrected chi connectivity index (χ4v) is 4.55. The fourth-order valence-electron chi connectivity index (χ4n) is 3.21. The monoisotopic (exact) mass is 340 g/mol. The lowest BCUT2D eigenvalue weighted by atomic mass is 9.85. The van der Waals surface area contributed by atoms with Crippen LogP contribution in [0.2, 0.25) is 0 Å². The highest BCUT2D eigenvalue weighted by Gasteiger charge is 2.43. The van der Waals surface area contributed by atoms with E-state index in [1.54, 1.807) is 4.90 Å². The van der Waals surface area contributed by atoms with Crippen molar-refractivity contribution in [3.8, 4) is 0 Å². The molecule has 8 heteroatoms. The summed E-state index contributed by atoms with van der Waals surface area (Å²) >= 11 is 0. The Kier molecular flexibility index (Phi) is 5.40. The van der Waals surface area contributed by atoms with E-state index >= 15 is 0 Å². The Bertz CT molecular complexity index is 444. The minimum Gasteiger partial charge on any atom is -0.335 e. The second-order valence-corrected chi connectivity index (χ2v) is 8.19. The van der Waals surface area contributed by atoms with Gasteiger partial charge in [0.25, 0.3) is 0 Å². The van der Waals surface area contributed by atoms with Gasteiger partial charge >= 0.3 is 12.2 Å². The highest BCUT2D eigenvalue weighted by atomic mass is 32.2. The molecule has 5 unspecified atom stereocenters. The Hall–Kier alpha value is -0.790. The van der Waals surface area contributed by atoms with Crippen molar-refractivity contribution in [2.45, 2.75) is 63.0 Å². The molecule has 0 aromatic rings. The summed E-state index contributed by atoms with van der Waals surface area (Å²) in [5, 5.41) is 2.63. The highest BCUT2D eigenvalue weighted by molar-refractivity contribution is 7.85. The van der Waals surface area contributed by atoms with Crippen LogP contribution in [0.1, 0.15) is 39.5 Å². The fraction of sp³-hybridized carbons (Fsp3) is 0.929. The standard InChI is InChI=1S/C14H23F3N2O2S/c1-9-10(2)22(21)7-6-19(9)13(20)18-12-5-3-4-11(8-12)14(15,16)17/h9-12H,3-8H2,1-2H3,(H,18,20). The zero-order valence-electron chi connectivity index (χ0n) is 12.9. The van der Waals surface area contributed by atoms with Crippen LogP contribution in [-0.2, 0) is 10.8 Å². The first-order chi connectivity index (χ1) is 10.2. The van der Waals surface area contributed by atoms with Crippen molar-refractivity contribution in [1.82, 2.24) is 10.2 Å². The minimum absolute atomic E-state index is 0.0427. The van der Waals surface area contributed by atoms with Crippen molar-refractivity contribution in [3.05, 3.63) is 0 Å². The van der Waals surface area contributed by atoms with Crippen LogP contribution >= 0.6 is 0 Å². The molecule has 0 bridgehead atoms. The Morgan fingerprint density at radius 3 is 2.59 bits per heavy atom. The first-order valence-electron chi connectivity index (χ1n) is 7.71. The number of nitrogens with zero attached hydrogens (tertiary/aromatic N) is 1. The number of alkyl halides is 3. The summed E-state index contributed by atoms with van der Waals surface area (Å²) in [5.41, 5.74) is 0. The molecule has 2 amide bonds. The molecular formula is C14H23F3N2O2S. The van der Waals surface area contributed by atoms with Crippen molar-refractivity contribution in [2.75, 3.05) is 12.3 Å². The van der Waals surface area contributed by atoms with Crippen LogP contribution in [0.4, 0.5) is 18.0 Å². The molecule has 1 aliphatic heterocycles. The molecule has 1 aliphatic carbocycles. The molecule has 128 valence electrons. The first-order valence-corrected chi connectivity index (χ1v) is 9.09. The molecule has 22 heavy (non-hydrogen) atoms. The van der Waals surface area contributed by atoms with Gasteiger partial charge in [-0.1, -0.05) is 6.42 Å². The van der Waals surface area contributed by atoms with E-state index in [0.717, 1.165) is 0 Å². The maximum absolute atomic E-state index is 12.8. The lowest BCUT2D eigenvalue weighted by Crippen LogP contribution is -2.57. The first kappa shape index (κ1) is 17.6. The Morgan fingerprint density at radius 1 is 1.27 bits per heavy atom. The molecule has 5 atom stereocenters. The summed E-state index contributed by atoms with van der Waals surface area (Å²) in [6.45, 7) is 4.06. The van der Waals surface area contributed by atoms with Crippen LogP contribution in [-0.4, -0.2) is 50.9 Å². The SMILES string of the molecule is CC1C(C)S(=O)CCN1C(=O)NC1CCCC(C(F)(F)F)C1. The van der Waals surface area contributed by atoms with Gasteiger partial charge in [-0.15, -0.1) is 0 Å². The molecule has 1 saturated heterocycles. The van der Waals surface area contributed by atoms with Crippen molar-refractivity contribution >= 4 is 16.8 Å². The second kappa shape index (κ2) is 6.76. The summed E-state index contributed by atoms with van der Waals surface area (Å²) in [6.07, 6.45) is -3.02. The van der Waals surface area contributed by atoms with E-state index in [1.807, 2.05) is 13.8 Å². The minimum atomic E-state index is -4.19. The van der Waals surface area contributed by atoms with E-state index in [-0.39, 0.29) is 30.2 Å². The zero-order valence-corrected chi connectivity index (χ0v) is 13.7. The molecule has 2 fully saturated rings. The molecule has 0 spiro atoms. The van der Waals surface area contributed by atoms with Crippen LogP contribution in [0, 0.1) is 5.92 Å². The maximum atomic E-state index is 12.8. The number of rotatable bonds is 1. The van der Waals surface area contributed by atoms with Crippen LogP contribution < -0.4 is 5.32 Å². The topological polar surface area (TPSA) is 49.4 Å². The summed E-state index contributed by atoms with van der Waals surface area (Å²) in [4.78, 5) is 13.9. The van der Waals surface area contributed by atoms with Gasteiger partial charge in [0.2, 0.25) is 0 Å². The predicted octanol–water partition coefficient (Wildman–Crippen LogP) is 2.66. The number of carbonyl (C=O) groups is 1. The van der Waals surface area contributed by atoms with Gasteiger partial charge in [0.1, 0.15) is 0 Å². The predicted molar refractivity (Wildman–Crippen MR) is 79.0 cm³/mol. The number of carbonyl (C=O) groups excluding carboxylic acids is 1. The van der Waals surface area contributed by atoms with E-state index in [1.165, 1.54) is 0 Å². The summed E-state index contributed by atoms with van der Waals surface area (Å²) in [7, 11) is -0.947. The largest absolute Gasteiger partial charge is 0.391 e. The van der Waals surface area contributed by atoms with Gasteiger partial charge in [-0.3, -0.25) is 4.21 Å². The van der Waals surface area contributed by atoms with Crippen LogP contribution in [0.15, 0.2) is 0 Å². The third-order valence-electron chi connectivity index (χ3n) is 4.84. The number of amides is 2. The third-order valence-corrected chi connectivity index (χ3v) is 6.65. The Labute approximate surface area is 131 Å². The average Bonchev–Trinajstić information content (AvgIpc) is 2.44. The maximum Gasteiger partial charge on any atom is 0.391 e. The molecule has 1 heterocycles. The van der Waals surface area contributed by atoms with Gasteiger partial charge in [0.15, 0.2) is 0 Å². The third kappa shape index (κ3) is 3.94. The lowest BCUT2D eigenvalue weighted by Gasteiger charge is -2.39. The molecule has 1 N–H and O–H groups in total. The van der Waals surface area contributed by atoms with E-state index in [2.05, 4.69) is 5.32 Å². The molecule has 2 aliphatic rings. The Balaban J connectivity index is 1.93. The van der Waals surface area contributed by atoms with Crippen molar-refractivity contribution in [2.24, 2.45) is 5.92 Å². The lowest BCUT2D eigenvalue weighted by molar-refractivity contribution is -0.183. The van der Waals surface area contributed by atoms with Crippen LogP contribution in [0.5, 0.6) is 0 Å². The van der Waals surface area contributed by atoms with Crippen LogP contribution in [0.3, 0.4) is 0 Å². The van der Waals surface area contributed by atoms with Gasteiger partial charge in [-0.2, -0.15) is 13.2 Å². The summed E-state index contributed by atoms with van der Waals surface area (Å²) in [5.74, 6) is -0.897.